The molecule has 0 bridgehead atoms. The lowest BCUT2D eigenvalue weighted by Crippen LogP contribution is -2.30. The third kappa shape index (κ3) is 5.97. The van der Waals surface area contributed by atoms with E-state index in [1.807, 2.05) is 13.8 Å². The van der Waals surface area contributed by atoms with Gasteiger partial charge < -0.3 is 19.5 Å². The van der Waals surface area contributed by atoms with E-state index in [-0.39, 0.29) is 5.56 Å². The summed E-state index contributed by atoms with van der Waals surface area (Å²) in [6, 6.07) is 10.0. The Kier molecular flexibility index (Phi) is 7.80. The molecule has 7 heteroatoms. The highest BCUT2D eigenvalue weighted by atomic mass is 19.1. The van der Waals surface area contributed by atoms with E-state index in [0.29, 0.717) is 30.4 Å². The first kappa shape index (κ1) is 21.2. The number of hydrogen-bond acceptors (Lipinski definition) is 5. The van der Waals surface area contributed by atoms with Crippen molar-refractivity contribution in [2.75, 3.05) is 18.5 Å². The van der Waals surface area contributed by atoms with E-state index in [1.165, 1.54) is 37.3 Å². The van der Waals surface area contributed by atoms with Gasteiger partial charge >= 0.3 is 5.97 Å². The summed E-state index contributed by atoms with van der Waals surface area (Å²) in [5, 5.41) is 2.56. The fourth-order valence-corrected chi connectivity index (χ4v) is 2.29. The summed E-state index contributed by atoms with van der Waals surface area (Å²) < 4.78 is 29.3. The molecule has 1 atom stereocenters. The third-order valence-corrected chi connectivity index (χ3v) is 3.71. The van der Waals surface area contributed by atoms with E-state index < -0.39 is 23.8 Å². The Morgan fingerprint density at radius 1 is 1.04 bits per heavy atom. The number of carbonyl (C=O) groups excluding carboxylic acids is 2. The van der Waals surface area contributed by atoms with Crippen molar-refractivity contribution < 1.29 is 28.2 Å². The van der Waals surface area contributed by atoms with E-state index in [1.54, 1.807) is 12.1 Å². The van der Waals surface area contributed by atoms with Crippen LogP contribution in [0.5, 0.6) is 11.5 Å². The van der Waals surface area contributed by atoms with Crippen LogP contribution in [0.4, 0.5) is 10.1 Å². The summed E-state index contributed by atoms with van der Waals surface area (Å²) in [4.78, 5) is 24.6. The van der Waals surface area contributed by atoms with Crippen LogP contribution in [0.2, 0.25) is 0 Å². The Labute approximate surface area is 163 Å². The summed E-state index contributed by atoms with van der Waals surface area (Å²) >= 11 is 0. The number of hydrogen-bond donors (Lipinski definition) is 1. The maximum atomic E-state index is 12.9. The zero-order chi connectivity index (χ0) is 20.5. The maximum Gasteiger partial charge on any atom is 0.339 e. The molecule has 0 radical (unpaired) electrons. The molecule has 0 aliphatic carbocycles. The molecule has 2 rings (SSSR count). The lowest BCUT2D eigenvalue weighted by Gasteiger charge is -2.15. The predicted octanol–water partition coefficient (Wildman–Crippen LogP) is 4.20. The Balaban J connectivity index is 2.02. The van der Waals surface area contributed by atoms with E-state index in [9.17, 15) is 14.0 Å². The van der Waals surface area contributed by atoms with Crippen molar-refractivity contribution in [2.45, 2.75) is 33.3 Å². The molecule has 0 unspecified atom stereocenters. The van der Waals surface area contributed by atoms with Crippen molar-refractivity contribution in [1.29, 1.82) is 0 Å². The second-order valence-corrected chi connectivity index (χ2v) is 5.99. The maximum absolute atomic E-state index is 12.9. The van der Waals surface area contributed by atoms with Gasteiger partial charge in [0.2, 0.25) is 0 Å². The lowest BCUT2D eigenvalue weighted by molar-refractivity contribution is -0.123. The van der Waals surface area contributed by atoms with Crippen LogP contribution in [0, 0.1) is 5.82 Å². The number of ether oxygens (including phenoxy) is 3. The van der Waals surface area contributed by atoms with Gasteiger partial charge in [0.05, 0.1) is 18.8 Å². The van der Waals surface area contributed by atoms with Crippen molar-refractivity contribution in [2.24, 2.45) is 0 Å². The molecule has 0 aromatic heterocycles. The molecule has 150 valence electrons. The van der Waals surface area contributed by atoms with Gasteiger partial charge in [0.1, 0.15) is 5.82 Å². The fraction of sp³-hybridized carbons (Fsp3) is 0.333. The molecule has 0 heterocycles. The predicted molar refractivity (Wildman–Crippen MR) is 103 cm³/mol. The Bertz CT molecular complexity index is 807. The molecule has 2 aromatic rings. The lowest BCUT2D eigenvalue weighted by atomic mass is 10.2. The highest BCUT2D eigenvalue weighted by Crippen LogP contribution is 2.29. The second-order valence-electron chi connectivity index (χ2n) is 5.99. The summed E-state index contributed by atoms with van der Waals surface area (Å²) in [7, 11) is 0. The van der Waals surface area contributed by atoms with Crippen molar-refractivity contribution in [3.63, 3.8) is 0 Å². The van der Waals surface area contributed by atoms with Crippen molar-refractivity contribution in [3.05, 3.63) is 53.8 Å². The highest BCUT2D eigenvalue weighted by molar-refractivity contribution is 5.97. The SMILES string of the molecule is CCCOc1ccc(C(=O)O[C@H](C)C(=O)Nc2ccc(F)cc2)cc1OCC. The minimum atomic E-state index is -1.04. The molecular formula is C21H24FNO5. The van der Waals surface area contributed by atoms with Crippen LogP contribution in [0.3, 0.4) is 0 Å². The molecule has 2 aromatic carbocycles. The first-order chi connectivity index (χ1) is 13.4. The van der Waals surface area contributed by atoms with Crippen LogP contribution in [-0.2, 0) is 9.53 Å². The molecule has 1 amide bonds. The van der Waals surface area contributed by atoms with Gasteiger partial charge in [-0.2, -0.15) is 0 Å². The molecule has 0 aliphatic heterocycles. The normalized spacial score (nSPS) is 11.4. The number of amides is 1. The van der Waals surface area contributed by atoms with E-state index in [0.717, 1.165) is 6.42 Å². The molecule has 6 nitrogen and oxygen atoms in total. The minimum absolute atomic E-state index is 0.244. The number of nitrogens with one attached hydrogen (secondary N) is 1. The number of carbonyl (C=O) groups is 2. The van der Waals surface area contributed by atoms with Crippen LogP contribution in [0.15, 0.2) is 42.5 Å². The van der Waals surface area contributed by atoms with Crippen molar-refractivity contribution >= 4 is 17.6 Å². The quantitative estimate of drug-likeness (QED) is 0.651. The van der Waals surface area contributed by atoms with Crippen LogP contribution in [0.25, 0.3) is 0 Å². The smallest absolute Gasteiger partial charge is 0.339 e. The zero-order valence-electron chi connectivity index (χ0n) is 16.2. The first-order valence-electron chi connectivity index (χ1n) is 9.11. The van der Waals surface area contributed by atoms with E-state index in [2.05, 4.69) is 5.32 Å². The van der Waals surface area contributed by atoms with Crippen LogP contribution in [-0.4, -0.2) is 31.2 Å². The summed E-state index contributed by atoms with van der Waals surface area (Å²) in [5.74, 6) is -0.609. The standard InChI is InChI=1S/C21H24FNO5/c1-4-12-27-18-11-6-15(13-19(18)26-5-2)21(25)28-14(3)20(24)23-17-9-7-16(22)8-10-17/h6-11,13-14H,4-5,12H2,1-3H3,(H,23,24)/t14-/m1/s1. The number of esters is 1. The topological polar surface area (TPSA) is 73.9 Å². The van der Waals surface area contributed by atoms with Gasteiger partial charge in [-0.25, -0.2) is 9.18 Å². The van der Waals surface area contributed by atoms with Gasteiger partial charge in [0, 0.05) is 5.69 Å². The fourth-order valence-electron chi connectivity index (χ4n) is 2.29. The Morgan fingerprint density at radius 3 is 2.39 bits per heavy atom. The van der Waals surface area contributed by atoms with Crippen LogP contribution >= 0.6 is 0 Å². The van der Waals surface area contributed by atoms with Gasteiger partial charge in [-0.15, -0.1) is 0 Å². The number of benzene rings is 2. The molecule has 0 spiro atoms. The average molecular weight is 389 g/mol. The molecule has 0 fully saturated rings. The van der Waals surface area contributed by atoms with E-state index in [4.69, 9.17) is 14.2 Å². The first-order valence-corrected chi connectivity index (χ1v) is 9.11. The van der Waals surface area contributed by atoms with Gasteiger partial charge in [-0.1, -0.05) is 6.92 Å². The molecule has 28 heavy (non-hydrogen) atoms. The van der Waals surface area contributed by atoms with Gasteiger partial charge in [-0.3, -0.25) is 4.79 Å². The number of anilines is 1. The summed E-state index contributed by atoms with van der Waals surface area (Å²) in [5.41, 5.74) is 0.652. The Morgan fingerprint density at radius 2 is 1.75 bits per heavy atom. The molecule has 0 saturated carbocycles. The molecule has 1 N–H and O–H groups in total. The van der Waals surface area contributed by atoms with Gasteiger partial charge in [0.15, 0.2) is 17.6 Å². The minimum Gasteiger partial charge on any atom is -0.490 e. The summed E-state index contributed by atoms with van der Waals surface area (Å²) in [6.07, 6.45) is -0.195. The summed E-state index contributed by atoms with van der Waals surface area (Å²) in [6.45, 7) is 6.22. The monoisotopic (exact) mass is 389 g/mol. The van der Waals surface area contributed by atoms with E-state index >= 15 is 0 Å². The molecular weight excluding hydrogens is 365 g/mol. The van der Waals surface area contributed by atoms with Crippen LogP contribution in [0.1, 0.15) is 37.6 Å². The van der Waals surface area contributed by atoms with Crippen LogP contribution < -0.4 is 14.8 Å². The van der Waals surface area contributed by atoms with Gasteiger partial charge in [0.25, 0.3) is 5.91 Å². The average Bonchev–Trinajstić information content (AvgIpc) is 2.68. The molecule has 0 saturated heterocycles. The zero-order valence-corrected chi connectivity index (χ0v) is 16.2. The molecule has 0 aliphatic rings. The van der Waals surface area contributed by atoms with Crippen molar-refractivity contribution in [3.8, 4) is 11.5 Å². The largest absolute Gasteiger partial charge is 0.490 e. The number of rotatable bonds is 9. The third-order valence-electron chi connectivity index (χ3n) is 3.71. The second kappa shape index (κ2) is 10.3. The van der Waals surface area contributed by atoms with Gasteiger partial charge in [-0.05, 0) is 62.7 Å². The highest BCUT2D eigenvalue weighted by Gasteiger charge is 2.20. The van der Waals surface area contributed by atoms with Crippen molar-refractivity contribution in [1.82, 2.24) is 0 Å². The number of halogens is 1. The Hall–Kier alpha value is -3.09.